The molecule has 0 aromatic heterocycles. The average Bonchev–Trinajstić information content (AvgIpc) is 2.63. The molecule has 0 unspecified atom stereocenters. The number of aryl methyl sites for hydroxylation is 2. The highest BCUT2D eigenvalue weighted by Crippen LogP contribution is 2.35. The minimum absolute atomic E-state index is 0.185. The Labute approximate surface area is 160 Å². The second-order valence-corrected chi connectivity index (χ2v) is 7.08. The van der Waals surface area contributed by atoms with Crippen molar-refractivity contribution >= 4 is 5.97 Å². The van der Waals surface area contributed by atoms with E-state index < -0.39 is 12.0 Å². The van der Waals surface area contributed by atoms with Crippen LogP contribution in [0.5, 0.6) is 17.2 Å². The van der Waals surface area contributed by atoms with Crippen molar-refractivity contribution in [3.05, 3.63) is 52.6 Å². The molecule has 1 atom stereocenters. The van der Waals surface area contributed by atoms with Crippen LogP contribution in [-0.4, -0.2) is 22.2 Å². The molecule has 0 aliphatic heterocycles. The first-order chi connectivity index (χ1) is 12.8. The highest BCUT2D eigenvalue weighted by molar-refractivity contribution is 5.73. The number of phenolic OH excluding ortho intramolecular Hbond substituents is 1. The molecule has 2 aromatic carbocycles. The summed E-state index contributed by atoms with van der Waals surface area (Å²) in [5, 5.41) is 19.1. The van der Waals surface area contributed by atoms with Crippen molar-refractivity contribution in [1.29, 1.82) is 0 Å². The predicted molar refractivity (Wildman–Crippen MR) is 107 cm³/mol. The Morgan fingerprint density at radius 3 is 2.19 bits per heavy atom. The van der Waals surface area contributed by atoms with Crippen LogP contribution in [0.3, 0.4) is 0 Å². The van der Waals surface area contributed by atoms with E-state index in [2.05, 4.69) is 0 Å². The molecular weight excluding hydrogens is 342 g/mol. The first kappa shape index (κ1) is 20.8. The van der Waals surface area contributed by atoms with Crippen molar-refractivity contribution in [2.24, 2.45) is 5.73 Å². The maximum atomic E-state index is 11.1. The molecule has 0 bridgehead atoms. The molecule has 27 heavy (non-hydrogen) atoms. The Hall–Kier alpha value is -2.53. The number of hydrogen-bond donors (Lipinski definition) is 3. The molecular formula is C22H29NO4. The third kappa shape index (κ3) is 5.01. The zero-order valence-corrected chi connectivity index (χ0v) is 16.5. The summed E-state index contributed by atoms with van der Waals surface area (Å²) in [4.78, 5) is 11.1. The van der Waals surface area contributed by atoms with Gasteiger partial charge in [-0.05, 0) is 60.1 Å². The highest BCUT2D eigenvalue weighted by atomic mass is 16.5. The number of carboxylic acid groups (broad SMARTS) is 1. The molecule has 0 amide bonds. The number of benzene rings is 2. The number of ether oxygens (including phenoxy) is 1. The number of aromatic hydroxyl groups is 1. The number of carboxylic acids is 1. The largest absolute Gasteiger partial charge is 0.508 e. The number of nitrogens with two attached hydrogens (primary N) is 1. The molecule has 5 heteroatoms. The van der Waals surface area contributed by atoms with Crippen molar-refractivity contribution in [3.63, 3.8) is 0 Å². The van der Waals surface area contributed by atoms with Gasteiger partial charge in [-0.2, -0.15) is 0 Å². The van der Waals surface area contributed by atoms with E-state index in [1.807, 2.05) is 45.9 Å². The van der Waals surface area contributed by atoms with Crippen LogP contribution in [0.4, 0.5) is 0 Å². The van der Waals surface area contributed by atoms with Crippen LogP contribution in [-0.2, 0) is 24.1 Å². The summed E-state index contributed by atoms with van der Waals surface area (Å²) in [6.45, 7) is 8.13. The first-order valence-electron chi connectivity index (χ1n) is 9.40. The summed E-state index contributed by atoms with van der Waals surface area (Å²) in [6, 6.07) is 8.31. The van der Waals surface area contributed by atoms with Crippen LogP contribution in [0.15, 0.2) is 30.3 Å². The second kappa shape index (κ2) is 8.91. The fraction of sp³-hybridized carbons (Fsp3) is 0.409. The molecule has 0 saturated carbocycles. The molecule has 0 spiro atoms. The lowest BCUT2D eigenvalue weighted by atomic mass is 9.96. The van der Waals surface area contributed by atoms with Crippen LogP contribution in [0.1, 0.15) is 55.9 Å². The van der Waals surface area contributed by atoms with Gasteiger partial charge in [0, 0.05) is 5.56 Å². The second-order valence-electron chi connectivity index (χ2n) is 7.08. The van der Waals surface area contributed by atoms with E-state index >= 15 is 0 Å². The Bertz CT molecular complexity index is 789. The van der Waals surface area contributed by atoms with E-state index in [-0.39, 0.29) is 18.1 Å². The van der Waals surface area contributed by atoms with Crippen molar-refractivity contribution in [3.8, 4) is 17.2 Å². The van der Waals surface area contributed by atoms with Gasteiger partial charge in [0.1, 0.15) is 23.3 Å². The molecule has 4 N–H and O–H groups in total. The average molecular weight is 371 g/mol. The molecule has 5 nitrogen and oxygen atoms in total. The standard InChI is InChI=1S/C22H29NO4/c1-5-15-9-14(11-19(23)22(25)26)10-16(6-2)21(15)27-17-7-8-20(24)18(12-17)13(3)4/h7-10,12-13,19,24H,5-6,11,23H2,1-4H3,(H,25,26)/t19-/m0/s1. The van der Waals surface area contributed by atoms with Crippen LogP contribution in [0.2, 0.25) is 0 Å². The predicted octanol–water partition coefficient (Wildman–Crippen LogP) is 4.39. The lowest BCUT2D eigenvalue weighted by Gasteiger charge is -2.18. The van der Waals surface area contributed by atoms with Crippen LogP contribution < -0.4 is 10.5 Å². The van der Waals surface area contributed by atoms with Gasteiger partial charge < -0.3 is 20.7 Å². The minimum atomic E-state index is -1.00. The molecule has 0 radical (unpaired) electrons. The van der Waals surface area contributed by atoms with E-state index in [9.17, 15) is 9.90 Å². The highest BCUT2D eigenvalue weighted by Gasteiger charge is 2.17. The van der Waals surface area contributed by atoms with E-state index in [1.165, 1.54) is 0 Å². The molecule has 0 aliphatic carbocycles. The summed E-state index contributed by atoms with van der Waals surface area (Å²) in [5.41, 5.74) is 9.47. The lowest BCUT2D eigenvalue weighted by molar-refractivity contribution is -0.138. The SMILES string of the molecule is CCc1cc(C[C@H](N)C(=O)O)cc(CC)c1Oc1ccc(O)c(C(C)C)c1. The fourth-order valence-electron chi connectivity index (χ4n) is 3.12. The first-order valence-corrected chi connectivity index (χ1v) is 9.40. The molecule has 0 aliphatic rings. The Balaban J connectivity index is 2.41. The molecule has 2 aromatic rings. The van der Waals surface area contributed by atoms with Crippen molar-refractivity contribution < 1.29 is 19.7 Å². The summed E-state index contributed by atoms with van der Waals surface area (Å²) >= 11 is 0. The Morgan fingerprint density at radius 1 is 1.11 bits per heavy atom. The fourth-order valence-corrected chi connectivity index (χ4v) is 3.12. The number of hydrogen-bond acceptors (Lipinski definition) is 4. The van der Waals surface area contributed by atoms with Gasteiger partial charge in [0.15, 0.2) is 0 Å². The zero-order valence-electron chi connectivity index (χ0n) is 16.5. The molecule has 2 rings (SSSR count). The number of carbonyl (C=O) groups is 1. The van der Waals surface area contributed by atoms with Gasteiger partial charge in [0.05, 0.1) is 0 Å². The van der Waals surface area contributed by atoms with Gasteiger partial charge in [-0.1, -0.05) is 39.8 Å². The summed E-state index contributed by atoms with van der Waals surface area (Å²) in [6.07, 6.45) is 1.80. The van der Waals surface area contributed by atoms with E-state index in [1.54, 1.807) is 12.1 Å². The molecule has 0 heterocycles. The van der Waals surface area contributed by atoms with Crippen molar-refractivity contribution in [2.75, 3.05) is 0 Å². The van der Waals surface area contributed by atoms with E-state index in [4.69, 9.17) is 15.6 Å². The van der Waals surface area contributed by atoms with Gasteiger partial charge in [0.25, 0.3) is 0 Å². The Morgan fingerprint density at radius 2 is 1.70 bits per heavy atom. The topological polar surface area (TPSA) is 92.8 Å². The van der Waals surface area contributed by atoms with E-state index in [0.717, 1.165) is 40.8 Å². The number of phenols is 1. The summed E-state index contributed by atoms with van der Waals surface area (Å²) < 4.78 is 6.22. The maximum Gasteiger partial charge on any atom is 0.320 e. The van der Waals surface area contributed by atoms with Gasteiger partial charge in [-0.15, -0.1) is 0 Å². The van der Waals surface area contributed by atoms with Crippen molar-refractivity contribution in [2.45, 2.75) is 58.9 Å². The third-order valence-corrected chi connectivity index (χ3v) is 4.68. The number of rotatable bonds is 8. The smallest absolute Gasteiger partial charge is 0.320 e. The summed E-state index contributed by atoms with van der Waals surface area (Å²) in [7, 11) is 0. The van der Waals surface area contributed by atoms with Gasteiger partial charge >= 0.3 is 5.97 Å². The van der Waals surface area contributed by atoms with Crippen LogP contribution in [0, 0.1) is 0 Å². The number of aliphatic carboxylic acids is 1. The quantitative estimate of drug-likeness (QED) is 0.640. The van der Waals surface area contributed by atoms with E-state index in [0.29, 0.717) is 5.75 Å². The molecule has 0 fully saturated rings. The summed E-state index contributed by atoms with van der Waals surface area (Å²) in [5.74, 6) is 0.923. The lowest BCUT2D eigenvalue weighted by Crippen LogP contribution is -2.32. The maximum absolute atomic E-state index is 11.1. The van der Waals surface area contributed by atoms with Gasteiger partial charge in [-0.3, -0.25) is 4.79 Å². The van der Waals surface area contributed by atoms with Gasteiger partial charge in [0.2, 0.25) is 0 Å². The third-order valence-electron chi connectivity index (χ3n) is 4.68. The Kier molecular flexibility index (Phi) is 6.86. The monoisotopic (exact) mass is 371 g/mol. The van der Waals surface area contributed by atoms with Crippen LogP contribution in [0.25, 0.3) is 0 Å². The van der Waals surface area contributed by atoms with Crippen LogP contribution >= 0.6 is 0 Å². The molecule has 146 valence electrons. The van der Waals surface area contributed by atoms with Crippen molar-refractivity contribution in [1.82, 2.24) is 0 Å². The zero-order chi connectivity index (χ0) is 20.1. The molecule has 0 saturated heterocycles. The minimum Gasteiger partial charge on any atom is -0.508 e. The normalized spacial score (nSPS) is 12.2. The van der Waals surface area contributed by atoms with Gasteiger partial charge in [-0.25, -0.2) is 0 Å².